The van der Waals surface area contributed by atoms with Gasteiger partial charge in [0.15, 0.2) is 0 Å². The Morgan fingerprint density at radius 1 is 1.35 bits per heavy atom. The molecule has 4 heteroatoms. The van der Waals surface area contributed by atoms with Crippen molar-refractivity contribution in [1.29, 1.82) is 0 Å². The highest BCUT2D eigenvalue weighted by Crippen LogP contribution is 2.19. The number of carboxylic acid groups (broad SMARTS) is 1. The summed E-state index contributed by atoms with van der Waals surface area (Å²) in [7, 11) is 0. The summed E-state index contributed by atoms with van der Waals surface area (Å²) >= 11 is 0. The minimum Gasteiger partial charge on any atom is -0.481 e. The molecule has 0 heterocycles. The van der Waals surface area contributed by atoms with Crippen LogP contribution in [0.25, 0.3) is 0 Å². The molecule has 0 radical (unpaired) electrons. The lowest BCUT2D eigenvalue weighted by atomic mass is 10.0. The van der Waals surface area contributed by atoms with Crippen LogP contribution in [0.4, 0.5) is 5.69 Å². The van der Waals surface area contributed by atoms with Gasteiger partial charge in [-0.15, -0.1) is 0 Å². The van der Waals surface area contributed by atoms with Crippen molar-refractivity contribution < 1.29 is 14.7 Å². The van der Waals surface area contributed by atoms with E-state index in [2.05, 4.69) is 13.8 Å². The standard InChI is InChI=1S/C13H17NO3/c1-10(2)11-3-5-12(6-4-11)14(9-15)8-7-13(16)17/h3-6,9-10H,7-8H2,1-2H3,(H,16,17). The summed E-state index contributed by atoms with van der Waals surface area (Å²) < 4.78 is 0. The molecule has 4 nitrogen and oxygen atoms in total. The van der Waals surface area contributed by atoms with Crippen LogP contribution in [0.15, 0.2) is 24.3 Å². The molecule has 1 rings (SSSR count). The van der Waals surface area contributed by atoms with Crippen LogP contribution in [0, 0.1) is 0 Å². The number of aliphatic carboxylic acids is 1. The molecular weight excluding hydrogens is 218 g/mol. The van der Waals surface area contributed by atoms with E-state index < -0.39 is 5.97 Å². The second-order valence-electron chi connectivity index (χ2n) is 4.19. The van der Waals surface area contributed by atoms with Gasteiger partial charge in [-0.25, -0.2) is 0 Å². The smallest absolute Gasteiger partial charge is 0.305 e. The summed E-state index contributed by atoms with van der Waals surface area (Å²) in [6.45, 7) is 4.38. The third-order valence-electron chi connectivity index (χ3n) is 2.59. The largest absolute Gasteiger partial charge is 0.481 e. The average Bonchev–Trinajstić information content (AvgIpc) is 2.30. The fourth-order valence-corrected chi connectivity index (χ4v) is 1.51. The molecule has 0 saturated heterocycles. The normalized spacial score (nSPS) is 10.3. The minimum absolute atomic E-state index is 0.0509. The predicted octanol–water partition coefficient (Wildman–Crippen LogP) is 2.25. The summed E-state index contributed by atoms with van der Waals surface area (Å²) in [6, 6.07) is 7.59. The zero-order valence-electron chi connectivity index (χ0n) is 10.1. The van der Waals surface area contributed by atoms with Gasteiger partial charge in [0.25, 0.3) is 0 Å². The molecule has 0 bridgehead atoms. The number of carbonyl (C=O) groups is 2. The zero-order chi connectivity index (χ0) is 12.8. The van der Waals surface area contributed by atoms with Crippen LogP contribution in [-0.4, -0.2) is 24.0 Å². The monoisotopic (exact) mass is 235 g/mol. The maximum absolute atomic E-state index is 10.9. The van der Waals surface area contributed by atoms with Gasteiger partial charge in [0.2, 0.25) is 6.41 Å². The lowest BCUT2D eigenvalue weighted by molar-refractivity contribution is -0.136. The van der Waals surface area contributed by atoms with Crippen LogP contribution >= 0.6 is 0 Å². The number of benzene rings is 1. The average molecular weight is 235 g/mol. The molecule has 0 aromatic heterocycles. The molecule has 0 spiro atoms. The van der Waals surface area contributed by atoms with Crippen LogP contribution in [0.2, 0.25) is 0 Å². The van der Waals surface area contributed by atoms with Crippen molar-refractivity contribution >= 4 is 18.1 Å². The van der Waals surface area contributed by atoms with Crippen molar-refractivity contribution in [2.45, 2.75) is 26.2 Å². The van der Waals surface area contributed by atoms with Crippen LogP contribution in [0.3, 0.4) is 0 Å². The lowest BCUT2D eigenvalue weighted by Crippen LogP contribution is -2.24. The molecule has 0 aliphatic heterocycles. The molecule has 17 heavy (non-hydrogen) atoms. The van der Waals surface area contributed by atoms with Crippen LogP contribution < -0.4 is 4.90 Å². The second-order valence-corrected chi connectivity index (χ2v) is 4.19. The van der Waals surface area contributed by atoms with Gasteiger partial charge < -0.3 is 10.0 Å². The van der Waals surface area contributed by atoms with E-state index in [-0.39, 0.29) is 13.0 Å². The Balaban J connectivity index is 2.75. The summed E-state index contributed by atoms with van der Waals surface area (Å²) in [5, 5.41) is 8.58. The van der Waals surface area contributed by atoms with Crippen LogP contribution in [0.1, 0.15) is 31.7 Å². The SMILES string of the molecule is CC(C)c1ccc(N(C=O)CCC(=O)O)cc1. The molecular formula is C13H17NO3. The number of nitrogens with zero attached hydrogens (tertiary/aromatic N) is 1. The first-order valence-electron chi connectivity index (χ1n) is 5.58. The Bertz CT molecular complexity index is 384. The molecule has 0 unspecified atom stereocenters. The van der Waals surface area contributed by atoms with Crippen molar-refractivity contribution in [1.82, 2.24) is 0 Å². The molecule has 1 N–H and O–H groups in total. The molecule has 92 valence electrons. The van der Waals surface area contributed by atoms with E-state index in [1.54, 1.807) is 0 Å². The van der Waals surface area contributed by atoms with E-state index in [4.69, 9.17) is 5.11 Å². The van der Waals surface area contributed by atoms with E-state index in [0.29, 0.717) is 12.3 Å². The first kappa shape index (κ1) is 13.2. The minimum atomic E-state index is -0.907. The van der Waals surface area contributed by atoms with Gasteiger partial charge in [0, 0.05) is 12.2 Å². The van der Waals surface area contributed by atoms with Gasteiger partial charge in [-0.3, -0.25) is 9.59 Å². The molecule has 0 atom stereocenters. The highest BCUT2D eigenvalue weighted by atomic mass is 16.4. The van der Waals surface area contributed by atoms with Gasteiger partial charge >= 0.3 is 5.97 Å². The first-order valence-corrected chi connectivity index (χ1v) is 5.58. The maximum Gasteiger partial charge on any atom is 0.305 e. The maximum atomic E-state index is 10.9. The number of carbonyl (C=O) groups excluding carboxylic acids is 1. The van der Waals surface area contributed by atoms with Crippen molar-refractivity contribution in [2.75, 3.05) is 11.4 Å². The molecule has 0 fully saturated rings. The quantitative estimate of drug-likeness (QED) is 0.769. The van der Waals surface area contributed by atoms with Gasteiger partial charge in [0.05, 0.1) is 6.42 Å². The van der Waals surface area contributed by atoms with Gasteiger partial charge in [-0.2, -0.15) is 0 Å². The number of rotatable bonds is 6. The summed E-state index contributed by atoms with van der Waals surface area (Å²) in [4.78, 5) is 22.7. The molecule has 1 aromatic rings. The number of carboxylic acids is 1. The van der Waals surface area contributed by atoms with Crippen molar-refractivity contribution in [3.63, 3.8) is 0 Å². The molecule has 0 saturated carbocycles. The Kier molecular flexibility index (Phi) is 4.69. The highest BCUT2D eigenvalue weighted by molar-refractivity contribution is 5.77. The highest BCUT2D eigenvalue weighted by Gasteiger charge is 2.08. The van der Waals surface area contributed by atoms with Crippen LogP contribution in [0.5, 0.6) is 0 Å². The molecule has 0 aliphatic carbocycles. The summed E-state index contributed by atoms with van der Waals surface area (Å²) in [6.07, 6.45) is 0.609. The molecule has 1 aromatic carbocycles. The zero-order valence-corrected chi connectivity index (χ0v) is 10.1. The Morgan fingerprint density at radius 3 is 2.35 bits per heavy atom. The number of anilines is 1. The third-order valence-corrected chi connectivity index (χ3v) is 2.59. The van der Waals surface area contributed by atoms with Gasteiger partial charge in [0.1, 0.15) is 0 Å². The topological polar surface area (TPSA) is 57.6 Å². The van der Waals surface area contributed by atoms with Crippen molar-refractivity contribution in [2.24, 2.45) is 0 Å². The molecule has 0 aliphatic rings. The van der Waals surface area contributed by atoms with Gasteiger partial charge in [-0.1, -0.05) is 26.0 Å². The fourth-order valence-electron chi connectivity index (χ4n) is 1.51. The van der Waals surface area contributed by atoms with E-state index in [1.165, 1.54) is 10.5 Å². The number of hydrogen-bond donors (Lipinski definition) is 1. The van der Waals surface area contributed by atoms with Crippen LogP contribution in [-0.2, 0) is 9.59 Å². The second kappa shape index (κ2) is 6.03. The summed E-state index contributed by atoms with van der Waals surface area (Å²) in [5.74, 6) is -0.469. The lowest BCUT2D eigenvalue weighted by Gasteiger charge is -2.17. The number of amides is 1. The van der Waals surface area contributed by atoms with E-state index in [0.717, 1.165) is 5.69 Å². The third kappa shape index (κ3) is 3.90. The van der Waals surface area contributed by atoms with E-state index in [1.807, 2.05) is 24.3 Å². The Hall–Kier alpha value is -1.84. The Labute approximate surface area is 101 Å². The molecule has 1 amide bonds. The van der Waals surface area contributed by atoms with E-state index in [9.17, 15) is 9.59 Å². The van der Waals surface area contributed by atoms with Gasteiger partial charge in [-0.05, 0) is 23.6 Å². The predicted molar refractivity (Wildman–Crippen MR) is 66.2 cm³/mol. The van der Waals surface area contributed by atoms with Crippen molar-refractivity contribution in [3.05, 3.63) is 29.8 Å². The fraction of sp³-hybridized carbons (Fsp3) is 0.385. The Morgan fingerprint density at radius 2 is 1.94 bits per heavy atom. The number of hydrogen-bond acceptors (Lipinski definition) is 2. The summed E-state index contributed by atoms with van der Waals surface area (Å²) in [5.41, 5.74) is 1.92. The van der Waals surface area contributed by atoms with E-state index >= 15 is 0 Å². The first-order chi connectivity index (χ1) is 8.04. The van der Waals surface area contributed by atoms with Crippen molar-refractivity contribution in [3.8, 4) is 0 Å².